The van der Waals surface area contributed by atoms with E-state index in [2.05, 4.69) is 37.2 Å². The molecule has 19 heavy (non-hydrogen) atoms. The van der Waals surface area contributed by atoms with E-state index in [1.54, 1.807) is 0 Å². The van der Waals surface area contributed by atoms with Crippen molar-refractivity contribution in [1.29, 1.82) is 0 Å². The summed E-state index contributed by atoms with van der Waals surface area (Å²) >= 11 is 6.90. The SMILES string of the molecule is BrCCCCCCCCCCBr.NCCNCCN. The third-order valence-electron chi connectivity index (χ3n) is 2.66. The summed E-state index contributed by atoms with van der Waals surface area (Å²) in [5.41, 5.74) is 10.3. The van der Waals surface area contributed by atoms with Gasteiger partial charge in [0.25, 0.3) is 0 Å². The molecule has 0 heterocycles. The molecular weight excluding hydrogens is 370 g/mol. The van der Waals surface area contributed by atoms with Gasteiger partial charge in [0.15, 0.2) is 0 Å². The summed E-state index contributed by atoms with van der Waals surface area (Å²) in [7, 11) is 0. The first-order valence-corrected chi connectivity index (χ1v) is 9.80. The van der Waals surface area contributed by atoms with Crippen LogP contribution in [0.3, 0.4) is 0 Å². The van der Waals surface area contributed by atoms with E-state index in [0.29, 0.717) is 13.1 Å². The molecule has 0 aromatic carbocycles. The smallest absolute Gasteiger partial charge is 0.00750 e. The van der Waals surface area contributed by atoms with Gasteiger partial charge in [-0.3, -0.25) is 0 Å². The Morgan fingerprint density at radius 2 is 0.895 bits per heavy atom. The zero-order chi connectivity index (χ0) is 14.6. The third-order valence-corrected chi connectivity index (χ3v) is 3.78. The lowest BCUT2D eigenvalue weighted by molar-refractivity contribution is 0.588. The van der Waals surface area contributed by atoms with Crippen LogP contribution in [0.1, 0.15) is 51.4 Å². The zero-order valence-corrected chi connectivity index (χ0v) is 15.5. The van der Waals surface area contributed by atoms with E-state index in [4.69, 9.17) is 11.5 Å². The number of nitrogens with two attached hydrogens (primary N) is 2. The van der Waals surface area contributed by atoms with Gasteiger partial charge in [-0.1, -0.05) is 70.4 Å². The van der Waals surface area contributed by atoms with E-state index in [9.17, 15) is 0 Å². The molecule has 5 heteroatoms. The van der Waals surface area contributed by atoms with Crippen LogP contribution < -0.4 is 16.8 Å². The zero-order valence-electron chi connectivity index (χ0n) is 12.3. The summed E-state index contributed by atoms with van der Waals surface area (Å²) in [5, 5.41) is 5.39. The molecule has 0 aliphatic heterocycles. The van der Waals surface area contributed by atoms with Crippen LogP contribution in [0.15, 0.2) is 0 Å². The molecule has 0 unspecified atom stereocenters. The molecule has 5 N–H and O–H groups in total. The van der Waals surface area contributed by atoms with Gasteiger partial charge in [0, 0.05) is 36.8 Å². The molecule has 0 aliphatic carbocycles. The second-order valence-electron chi connectivity index (χ2n) is 4.53. The van der Waals surface area contributed by atoms with E-state index in [1.165, 1.54) is 62.0 Å². The van der Waals surface area contributed by atoms with Crippen molar-refractivity contribution in [2.24, 2.45) is 11.5 Å². The number of hydrogen-bond donors (Lipinski definition) is 3. The highest BCUT2D eigenvalue weighted by Crippen LogP contribution is 2.09. The Morgan fingerprint density at radius 1 is 0.579 bits per heavy atom. The van der Waals surface area contributed by atoms with Crippen molar-refractivity contribution in [3.05, 3.63) is 0 Å². The molecule has 0 rings (SSSR count). The molecule has 0 saturated carbocycles. The number of unbranched alkanes of at least 4 members (excludes halogenated alkanes) is 7. The van der Waals surface area contributed by atoms with Crippen LogP contribution in [0.5, 0.6) is 0 Å². The summed E-state index contributed by atoms with van der Waals surface area (Å²) < 4.78 is 0. The van der Waals surface area contributed by atoms with E-state index in [0.717, 1.165) is 13.1 Å². The first-order valence-electron chi connectivity index (χ1n) is 7.56. The Hall–Kier alpha value is 0.840. The topological polar surface area (TPSA) is 64.1 Å². The number of hydrogen-bond acceptors (Lipinski definition) is 3. The Morgan fingerprint density at radius 3 is 1.16 bits per heavy atom. The molecule has 118 valence electrons. The number of halogens is 2. The molecule has 0 aromatic rings. The van der Waals surface area contributed by atoms with Gasteiger partial charge in [-0.2, -0.15) is 0 Å². The van der Waals surface area contributed by atoms with Gasteiger partial charge in [-0.05, 0) is 12.8 Å². The second kappa shape index (κ2) is 23.9. The fraction of sp³-hybridized carbons (Fsp3) is 1.00. The van der Waals surface area contributed by atoms with Gasteiger partial charge in [0.1, 0.15) is 0 Å². The van der Waals surface area contributed by atoms with Crippen LogP contribution in [0.2, 0.25) is 0 Å². The fourth-order valence-electron chi connectivity index (χ4n) is 1.58. The molecule has 0 aromatic heterocycles. The normalized spacial score (nSPS) is 10.1. The lowest BCUT2D eigenvalue weighted by atomic mass is 10.1. The minimum atomic E-state index is 0.694. The summed E-state index contributed by atoms with van der Waals surface area (Å²) in [6.45, 7) is 3.13. The molecule has 0 radical (unpaired) electrons. The highest BCUT2D eigenvalue weighted by atomic mass is 79.9. The highest BCUT2D eigenvalue weighted by molar-refractivity contribution is 9.09. The monoisotopic (exact) mass is 401 g/mol. The Balaban J connectivity index is 0. The average molecular weight is 403 g/mol. The van der Waals surface area contributed by atoms with E-state index >= 15 is 0 Å². The van der Waals surface area contributed by atoms with Crippen LogP contribution >= 0.6 is 31.9 Å². The van der Waals surface area contributed by atoms with Gasteiger partial charge >= 0.3 is 0 Å². The summed E-state index contributed by atoms with van der Waals surface area (Å²) in [4.78, 5) is 0. The second-order valence-corrected chi connectivity index (χ2v) is 6.12. The van der Waals surface area contributed by atoms with Crippen LogP contribution in [0.4, 0.5) is 0 Å². The maximum Gasteiger partial charge on any atom is 0.00750 e. The molecule has 0 fully saturated rings. The quantitative estimate of drug-likeness (QED) is 0.326. The lowest BCUT2D eigenvalue weighted by Gasteiger charge is -1.99. The van der Waals surface area contributed by atoms with E-state index in [-0.39, 0.29) is 0 Å². The number of rotatable bonds is 13. The van der Waals surface area contributed by atoms with Gasteiger partial charge < -0.3 is 16.8 Å². The van der Waals surface area contributed by atoms with Crippen molar-refractivity contribution in [2.45, 2.75) is 51.4 Å². The van der Waals surface area contributed by atoms with Crippen LogP contribution in [-0.4, -0.2) is 36.8 Å². The van der Waals surface area contributed by atoms with E-state index < -0.39 is 0 Å². The molecule has 0 atom stereocenters. The van der Waals surface area contributed by atoms with Gasteiger partial charge in [-0.25, -0.2) is 0 Å². The number of nitrogens with one attached hydrogen (secondary N) is 1. The Labute approximate surface area is 136 Å². The highest BCUT2D eigenvalue weighted by Gasteiger charge is 1.90. The number of alkyl halides is 2. The Bertz CT molecular complexity index is 124. The maximum absolute atomic E-state index is 5.17. The molecule has 0 spiro atoms. The molecule has 0 bridgehead atoms. The standard InChI is InChI=1S/C10H20Br2.C4H13N3/c11-9-7-5-3-1-2-4-6-8-10-12;5-1-3-7-4-2-6/h1-10H2;7H,1-6H2. The van der Waals surface area contributed by atoms with Crippen molar-refractivity contribution in [1.82, 2.24) is 5.32 Å². The lowest BCUT2D eigenvalue weighted by Crippen LogP contribution is -2.27. The van der Waals surface area contributed by atoms with Crippen LogP contribution in [0, 0.1) is 0 Å². The maximum atomic E-state index is 5.17. The summed E-state index contributed by atoms with van der Waals surface area (Å²) in [6.07, 6.45) is 11.3. The minimum Gasteiger partial charge on any atom is -0.329 e. The van der Waals surface area contributed by atoms with Crippen LogP contribution in [-0.2, 0) is 0 Å². The predicted molar refractivity (Wildman–Crippen MR) is 95.5 cm³/mol. The van der Waals surface area contributed by atoms with Crippen molar-refractivity contribution in [3.8, 4) is 0 Å². The molecule has 0 saturated heterocycles. The van der Waals surface area contributed by atoms with Gasteiger partial charge in [0.2, 0.25) is 0 Å². The van der Waals surface area contributed by atoms with Gasteiger partial charge in [0.05, 0.1) is 0 Å². The molecular formula is C14H33Br2N3. The van der Waals surface area contributed by atoms with E-state index in [1.807, 2.05) is 0 Å². The molecule has 3 nitrogen and oxygen atoms in total. The fourth-order valence-corrected chi connectivity index (χ4v) is 2.37. The van der Waals surface area contributed by atoms with Gasteiger partial charge in [-0.15, -0.1) is 0 Å². The van der Waals surface area contributed by atoms with Crippen molar-refractivity contribution in [3.63, 3.8) is 0 Å². The largest absolute Gasteiger partial charge is 0.329 e. The average Bonchev–Trinajstić information content (AvgIpc) is 2.43. The van der Waals surface area contributed by atoms with Crippen molar-refractivity contribution >= 4 is 31.9 Å². The molecule has 0 amide bonds. The van der Waals surface area contributed by atoms with Crippen molar-refractivity contribution < 1.29 is 0 Å². The summed E-state index contributed by atoms with van der Waals surface area (Å²) in [6, 6.07) is 0. The summed E-state index contributed by atoms with van der Waals surface area (Å²) in [5.74, 6) is 0. The Kier molecular flexibility index (Phi) is 27.8. The molecule has 0 aliphatic rings. The van der Waals surface area contributed by atoms with Crippen LogP contribution in [0.25, 0.3) is 0 Å². The first-order chi connectivity index (χ1) is 9.33. The minimum absolute atomic E-state index is 0.694. The first kappa shape index (κ1) is 22.1. The van der Waals surface area contributed by atoms with Crippen molar-refractivity contribution in [2.75, 3.05) is 36.8 Å². The predicted octanol–water partition coefficient (Wildman–Crippen LogP) is 3.39. The third kappa shape index (κ3) is 27.9.